The minimum absolute atomic E-state index is 0.0712. The molecule has 0 spiro atoms. The molecule has 7 heteroatoms. The van der Waals surface area contributed by atoms with E-state index in [0.29, 0.717) is 11.8 Å². The van der Waals surface area contributed by atoms with E-state index in [9.17, 15) is 13.2 Å². The number of benzene rings is 1. The van der Waals surface area contributed by atoms with Crippen LogP contribution in [0.25, 0.3) is 0 Å². The molecular weight excluding hydrogens is 292 g/mol. The van der Waals surface area contributed by atoms with Crippen LogP contribution in [0.5, 0.6) is 0 Å². The van der Waals surface area contributed by atoms with Crippen molar-refractivity contribution >= 4 is 21.7 Å². The Morgan fingerprint density at radius 2 is 1.81 bits per heavy atom. The zero-order valence-corrected chi connectivity index (χ0v) is 12.3. The number of carboxylic acids is 1. The molecule has 2 fully saturated rings. The Hall–Kier alpha value is -1.60. The van der Waals surface area contributed by atoms with Gasteiger partial charge in [0.1, 0.15) is 0 Å². The van der Waals surface area contributed by atoms with Crippen LogP contribution in [0.2, 0.25) is 0 Å². The van der Waals surface area contributed by atoms with E-state index in [1.165, 1.54) is 18.2 Å². The quantitative estimate of drug-likeness (QED) is 0.689. The van der Waals surface area contributed by atoms with Crippen LogP contribution in [0.4, 0.5) is 5.69 Å². The number of aromatic carboxylic acids is 1. The van der Waals surface area contributed by atoms with Gasteiger partial charge in [0.05, 0.1) is 10.5 Å². The summed E-state index contributed by atoms with van der Waals surface area (Å²) in [5, 5.41) is 9.16. The van der Waals surface area contributed by atoms with E-state index in [4.69, 9.17) is 10.8 Å². The molecule has 21 heavy (non-hydrogen) atoms. The number of rotatable bonds is 6. The topological polar surface area (TPSA) is 109 Å². The van der Waals surface area contributed by atoms with E-state index in [2.05, 4.69) is 4.72 Å². The van der Waals surface area contributed by atoms with Gasteiger partial charge in [0.25, 0.3) is 0 Å². The molecule has 4 N–H and O–H groups in total. The van der Waals surface area contributed by atoms with Crippen molar-refractivity contribution in [3.05, 3.63) is 23.8 Å². The fourth-order valence-electron chi connectivity index (χ4n) is 2.67. The molecule has 6 nitrogen and oxygen atoms in total. The normalized spacial score (nSPS) is 18.9. The van der Waals surface area contributed by atoms with Crippen LogP contribution in [0, 0.1) is 11.8 Å². The van der Waals surface area contributed by atoms with Crippen LogP contribution >= 0.6 is 0 Å². The number of carboxylic acid groups (broad SMARTS) is 1. The van der Waals surface area contributed by atoms with Crippen LogP contribution in [0.1, 0.15) is 36.0 Å². The minimum atomic E-state index is -3.88. The van der Waals surface area contributed by atoms with Crippen molar-refractivity contribution in [2.45, 2.75) is 36.6 Å². The van der Waals surface area contributed by atoms with Crippen LogP contribution in [-0.4, -0.2) is 25.5 Å². The molecular formula is C14H18N2O4S. The van der Waals surface area contributed by atoms with Crippen molar-refractivity contribution in [3.8, 4) is 0 Å². The molecule has 2 aliphatic rings. The van der Waals surface area contributed by atoms with Gasteiger partial charge in [-0.2, -0.15) is 0 Å². The second-order valence-electron chi connectivity index (χ2n) is 5.88. The van der Waals surface area contributed by atoms with Crippen molar-refractivity contribution in [1.29, 1.82) is 0 Å². The lowest BCUT2D eigenvalue weighted by molar-refractivity contribution is 0.0692. The summed E-state index contributed by atoms with van der Waals surface area (Å²) >= 11 is 0. The molecule has 114 valence electrons. The Morgan fingerprint density at radius 1 is 1.24 bits per heavy atom. The summed E-state index contributed by atoms with van der Waals surface area (Å²) in [6, 6.07) is 3.76. The van der Waals surface area contributed by atoms with Gasteiger partial charge in [-0.3, -0.25) is 0 Å². The maximum absolute atomic E-state index is 12.6. The summed E-state index contributed by atoms with van der Waals surface area (Å²) in [7, 11) is -3.88. The first-order valence-corrected chi connectivity index (χ1v) is 8.52. The van der Waals surface area contributed by atoms with Crippen LogP contribution < -0.4 is 10.5 Å². The number of nitrogens with two attached hydrogens (primary N) is 1. The van der Waals surface area contributed by atoms with Gasteiger partial charge in [-0.25, -0.2) is 17.9 Å². The first-order chi connectivity index (χ1) is 9.88. The van der Waals surface area contributed by atoms with Crippen molar-refractivity contribution in [1.82, 2.24) is 4.72 Å². The third kappa shape index (κ3) is 3.03. The predicted molar refractivity (Wildman–Crippen MR) is 77.4 cm³/mol. The molecule has 1 aromatic carbocycles. The van der Waals surface area contributed by atoms with Gasteiger partial charge in [0, 0.05) is 11.7 Å². The number of hydrogen-bond acceptors (Lipinski definition) is 4. The largest absolute Gasteiger partial charge is 0.478 e. The Balaban J connectivity index is 1.93. The molecule has 0 atom stereocenters. The van der Waals surface area contributed by atoms with Crippen molar-refractivity contribution in [3.63, 3.8) is 0 Å². The molecule has 2 aliphatic carbocycles. The highest BCUT2D eigenvalue weighted by Crippen LogP contribution is 2.45. The van der Waals surface area contributed by atoms with Crippen LogP contribution in [-0.2, 0) is 10.0 Å². The van der Waals surface area contributed by atoms with Crippen LogP contribution in [0.15, 0.2) is 23.1 Å². The summed E-state index contributed by atoms with van der Waals surface area (Å²) in [6.45, 7) is 0. The summed E-state index contributed by atoms with van der Waals surface area (Å²) in [4.78, 5) is 11.0. The maximum Gasteiger partial charge on any atom is 0.337 e. The summed E-state index contributed by atoms with van der Waals surface area (Å²) in [5.41, 5.74) is 5.60. The minimum Gasteiger partial charge on any atom is -0.478 e. The summed E-state index contributed by atoms with van der Waals surface area (Å²) < 4.78 is 27.8. The van der Waals surface area contributed by atoms with Crippen LogP contribution in [0.3, 0.4) is 0 Å². The molecule has 0 amide bonds. The lowest BCUT2D eigenvalue weighted by Gasteiger charge is -2.18. The molecule has 0 unspecified atom stereocenters. The molecule has 1 aromatic rings. The van der Waals surface area contributed by atoms with E-state index in [0.717, 1.165) is 25.7 Å². The fourth-order valence-corrected chi connectivity index (χ4v) is 4.27. The van der Waals surface area contributed by atoms with E-state index < -0.39 is 16.0 Å². The van der Waals surface area contributed by atoms with Gasteiger partial charge < -0.3 is 10.8 Å². The smallest absolute Gasteiger partial charge is 0.337 e. The molecule has 0 heterocycles. The van der Waals surface area contributed by atoms with Crippen molar-refractivity contribution < 1.29 is 18.3 Å². The number of hydrogen-bond donors (Lipinski definition) is 3. The van der Waals surface area contributed by atoms with Crippen molar-refractivity contribution in [2.75, 3.05) is 5.73 Å². The Bertz CT molecular complexity index is 666. The SMILES string of the molecule is Nc1ccc(C(=O)O)c(S(=O)(=O)NC(C2CC2)C2CC2)c1. The molecule has 0 aliphatic heterocycles. The van der Waals surface area contributed by atoms with E-state index in [-0.39, 0.29) is 22.2 Å². The summed E-state index contributed by atoms with van der Waals surface area (Å²) in [5.74, 6) is -0.493. The van der Waals surface area contributed by atoms with Gasteiger partial charge in [-0.05, 0) is 55.7 Å². The highest BCUT2D eigenvalue weighted by atomic mass is 32.2. The third-order valence-corrected chi connectivity index (χ3v) is 5.58. The highest BCUT2D eigenvalue weighted by Gasteiger charge is 2.43. The number of anilines is 1. The third-order valence-electron chi connectivity index (χ3n) is 4.08. The second kappa shape index (κ2) is 4.99. The molecule has 0 bridgehead atoms. The van der Waals surface area contributed by atoms with Gasteiger partial charge >= 0.3 is 5.97 Å². The first-order valence-electron chi connectivity index (χ1n) is 7.03. The van der Waals surface area contributed by atoms with Gasteiger partial charge in [-0.1, -0.05) is 0 Å². The number of carbonyl (C=O) groups is 1. The van der Waals surface area contributed by atoms with E-state index in [1.54, 1.807) is 0 Å². The molecule has 0 radical (unpaired) electrons. The van der Waals surface area contributed by atoms with E-state index >= 15 is 0 Å². The molecule has 0 saturated heterocycles. The van der Waals surface area contributed by atoms with Gasteiger partial charge in [-0.15, -0.1) is 0 Å². The number of nitrogen functional groups attached to an aromatic ring is 1. The maximum atomic E-state index is 12.6. The first kappa shape index (κ1) is 14.3. The molecule has 0 aromatic heterocycles. The fraction of sp³-hybridized carbons (Fsp3) is 0.500. The molecule has 2 saturated carbocycles. The highest BCUT2D eigenvalue weighted by molar-refractivity contribution is 7.89. The van der Waals surface area contributed by atoms with Crippen molar-refractivity contribution in [2.24, 2.45) is 11.8 Å². The monoisotopic (exact) mass is 310 g/mol. The zero-order chi connectivity index (χ0) is 15.2. The Labute approximate surface area is 123 Å². The van der Waals surface area contributed by atoms with E-state index in [1.807, 2.05) is 0 Å². The number of nitrogens with one attached hydrogen (secondary N) is 1. The van der Waals surface area contributed by atoms with Gasteiger partial charge in [0.15, 0.2) is 0 Å². The average molecular weight is 310 g/mol. The average Bonchev–Trinajstić information content (AvgIpc) is 3.27. The number of sulfonamides is 1. The standard InChI is InChI=1S/C14H18N2O4S/c15-10-5-6-11(14(17)18)12(7-10)21(19,20)16-13(8-1-2-8)9-3-4-9/h5-9,13,16H,1-4,15H2,(H,17,18). The predicted octanol–water partition coefficient (Wildman–Crippen LogP) is 1.43. The lowest BCUT2D eigenvalue weighted by Crippen LogP contribution is -2.38. The lowest BCUT2D eigenvalue weighted by atomic mass is 10.1. The summed E-state index contributed by atoms with van der Waals surface area (Å²) in [6.07, 6.45) is 4.14. The zero-order valence-electron chi connectivity index (χ0n) is 11.5. The Kier molecular flexibility index (Phi) is 3.41. The second-order valence-corrected chi connectivity index (χ2v) is 7.57. The van der Waals surface area contributed by atoms with Gasteiger partial charge in [0.2, 0.25) is 10.0 Å². The Morgan fingerprint density at radius 3 is 2.29 bits per heavy atom. The molecule has 3 rings (SSSR count).